The first-order valence-corrected chi connectivity index (χ1v) is 7.93. The lowest BCUT2D eigenvalue weighted by Crippen LogP contribution is -2.28. The van der Waals surface area contributed by atoms with Gasteiger partial charge in [0.25, 0.3) is 5.91 Å². The second kappa shape index (κ2) is 7.83. The number of nitrogens with one attached hydrogen (secondary N) is 4. The van der Waals surface area contributed by atoms with Crippen molar-refractivity contribution in [3.63, 3.8) is 0 Å². The number of hydrogen-bond donors (Lipinski definition) is 4. The Kier molecular flexibility index (Phi) is 5.81. The van der Waals surface area contributed by atoms with Crippen LogP contribution in [0.5, 0.6) is 0 Å². The number of carbonyl (C=O) groups excluding carboxylic acids is 2. The van der Waals surface area contributed by atoms with Gasteiger partial charge in [0.2, 0.25) is 0 Å². The molecule has 8 heteroatoms. The average Bonchev–Trinajstić information content (AvgIpc) is 2.84. The normalized spacial score (nSPS) is 10.3. The molecule has 0 unspecified atom stereocenters. The van der Waals surface area contributed by atoms with Gasteiger partial charge in [-0.2, -0.15) is 5.10 Å². The summed E-state index contributed by atoms with van der Waals surface area (Å²) in [5, 5.41) is 15.3. The van der Waals surface area contributed by atoms with E-state index in [1.165, 1.54) is 0 Å². The van der Waals surface area contributed by atoms with Crippen LogP contribution in [0.1, 0.15) is 34.2 Å². The van der Waals surface area contributed by atoms with Crippen molar-refractivity contribution in [1.82, 2.24) is 20.8 Å². The smallest absolute Gasteiger partial charge is 0.319 e. The predicted octanol–water partition coefficient (Wildman–Crippen LogP) is 2.75. The van der Waals surface area contributed by atoms with Gasteiger partial charge in [-0.3, -0.25) is 9.89 Å². The number of hydrogen-bond acceptors (Lipinski definition) is 3. The lowest BCUT2D eigenvalue weighted by molar-refractivity contribution is 0.0956. The van der Waals surface area contributed by atoms with Crippen LogP contribution in [0.4, 0.5) is 10.5 Å². The molecule has 1 heterocycles. The molecule has 0 bridgehead atoms. The quantitative estimate of drug-likeness (QED) is 0.668. The summed E-state index contributed by atoms with van der Waals surface area (Å²) in [4.78, 5) is 23.8. The number of urea groups is 1. The molecule has 0 radical (unpaired) electrons. The summed E-state index contributed by atoms with van der Waals surface area (Å²) >= 11 is 6.10. The zero-order valence-electron chi connectivity index (χ0n) is 13.8. The lowest BCUT2D eigenvalue weighted by Gasteiger charge is -2.10. The number of halogens is 1. The van der Waals surface area contributed by atoms with E-state index in [1.54, 1.807) is 18.2 Å². The SMILES string of the molecule is CCNC(=O)c1ccc(NC(=O)NCc2c(C)n[nH]c2C)cc1Cl. The van der Waals surface area contributed by atoms with Gasteiger partial charge in [0.1, 0.15) is 0 Å². The Labute approximate surface area is 145 Å². The van der Waals surface area contributed by atoms with Gasteiger partial charge in [0, 0.05) is 30.0 Å². The van der Waals surface area contributed by atoms with Crippen molar-refractivity contribution in [3.05, 3.63) is 45.7 Å². The van der Waals surface area contributed by atoms with E-state index < -0.39 is 0 Å². The molecule has 128 valence electrons. The van der Waals surface area contributed by atoms with Crippen molar-refractivity contribution in [2.75, 3.05) is 11.9 Å². The Balaban J connectivity index is 1.97. The maximum atomic E-state index is 12.0. The van der Waals surface area contributed by atoms with Crippen LogP contribution in [0.15, 0.2) is 18.2 Å². The molecule has 2 rings (SSSR count). The van der Waals surface area contributed by atoms with Crippen molar-refractivity contribution < 1.29 is 9.59 Å². The number of aromatic nitrogens is 2. The van der Waals surface area contributed by atoms with E-state index in [1.807, 2.05) is 20.8 Å². The second-order valence-electron chi connectivity index (χ2n) is 5.27. The molecule has 3 amide bonds. The van der Waals surface area contributed by atoms with Crippen molar-refractivity contribution >= 4 is 29.2 Å². The van der Waals surface area contributed by atoms with Gasteiger partial charge in [0.05, 0.1) is 16.3 Å². The fourth-order valence-electron chi connectivity index (χ4n) is 2.21. The third-order valence-electron chi connectivity index (χ3n) is 3.52. The molecule has 1 aromatic heterocycles. The minimum absolute atomic E-state index is 0.246. The monoisotopic (exact) mass is 349 g/mol. The molecular formula is C16H20ClN5O2. The summed E-state index contributed by atoms with van der Waals surface area (Å²) in [5.41, 5.74) is 3.60. The van der Waals surface area contributed by atoms with Gasteiger partial charge >= 0.3 is 6.03 Å². The van der Waals surface area contributed by atoms with E-state index in [0.29, 0.717) is 24.3 Å². The summed E-state index contributed by atoms with van der Waals surface area (Å²) < 4.78 is 0. The number of aryl methyl sites for hydroxylation is 2. The fraction of sp³-hybridized carbons (Fsp3) is 0.312. The average molecular weight is 350 g/mol. The van der Waals surface area contributed by atoms with Gasteiger partial charge < -0.3 is 16.0 Å². The highest BCUT2D eigenvalue weighted by molar-refractivity contribution is 6.34. The predicted molar refractivity (Wildman–Crippen MR) is 93.4 cm³/mol. The van der Waals surface area contributed by atoms with Crippen LogP contribution in [-0.4, -0.2) is 28.7 Å². The molecule has 0 saturated heterocycles. The molecule has 0 atom stereocenters. The van der Waals surface area contributed by atoms with Crippen LogP contribution in [0.2, 0.25) is 5.02 Å². The standard InChI is InChI=1S/C16H20ClN5O2/c1-4-18-15(23)12-6-5-11(7-14(12)17)20-16(24)19-8-13-9(2)21-22-10(13)3/h5-7H,4,8H2,1-3H3,(H,18,23)(H,21,22)(H2,19,20,24). The van der Waals surface area contributed by atoms with Crippen LogP contribution < -0.4 is 16.0 Å². The van der Waals surface area contributed by atoms with Gasteiger partial charge in [-0.15, -0.1) is 0 Å². The third kappa shape index (κ3) is 4.26. The summed E-state index contributed by atoms with van der Waals surface area (Å²) in [5.74, 6) is -0.246. The Morgan fingerprint density at radius 1 is 1.25 bits per heavy atom. The first-order valence-electron chi connectivity index (χ1n) is 7.55. The van der Waals surface area contributed by atoms with Gasteiger partial charge in [-0.25, -0.2) is 4.79 Å². The first-order chi connectivity index (χ1) is 11.4. The molecule has 24 heavy (non-hydrogen) atoms. The number of rotatable bonds is 5. The van der Waals surface area contributed by atoms with E-state index in [9.17, 15) is 9.59 Å². The zero-order chi connectivity index (χ0) is 17.7. The fourth-order valence-corrected chi connectivity index (χ4v) is 2.48. The Bertz CT molecular complexity index is 737. The molecule has 0 saturated carbocycles. The molecular weight excluding hydrogens is 330 g/mol. The number of amides is 3. The highest BCUT2D eigenvalue weighted by Crippen LogP contribution is 2.21. The minimum atomic E-state index is -0.364. The maximum Gasteiger partial charge on any atom is 0.319 e. The number of aromatic amines is 1. The van der Waals surface area contributed by atoms with Crippen molar-refractivity contribution in [3.8, 4) is 0 Å². The zero-order valence-corrected chi connectivity index (χ0v) is 14.5. The first kappa shape index (κ1) is 17.8. The van der Waals surface area contributed by atoms with Gasteiger partial charge in [-0.05, 0) is 39.0 Å². The summed E-state index contributed by atoms with van der Waals surface area (Å²) in [7, 11) is 0. The molecule has 4 N–H and O–H groups in total. The second-order valence-corrected chi connectivity index (χ2v) is 5.68. The van der Waals surface area contributed by atoms with E-state index in [2.05, 4.69) is 26.1 Å². The summed E-state index contributed by atoms with van der Waals surface area (Å²) in [6.07, 6.45) is 0. The van der Waals surface area contributed by atoms with Crippen LogP contribution in [0, 0.1) is 13.8 Å². The number of carbonyl (C=O) groups is 2. The van der Waals surface area contributed by atoms with Crippen LogP contribution in [0.25, 0.3) is 0 Å². The highest BCUT2D eigenvalue weighted by atomic mass is 35.5. The Morgan fingerprint density at radius 2 is 2.00 bits per heavy atom. The summed E-state index contributed by atoms with van der Waals surface area (Å²) in [6, 6.07) is 4.38. The van der Waals surface area contributed by atoms with Crippen molar-refractivity contribution in [2.24, 2.45) is 0 Å². The lowest BCUT2D eigenvalue weighted by atomic mass is 10.2. The molecule has 7 nitrogen and oxygen atoms in total. The van der Waals surface area contributed by atoms with E-state index >= 15 is 0 Å². The Morgan fingerprint density at radius 3 is 2.58 bits per heavy atom. The van der Waals surface area contributed by atoms with Crippen LogP contribution >= 0.6 is 11.6 Å². The number of H-pyrrole nitrogens is 1. The molecule has 2 aromatic rings. The topological polar surface area (TPSA) is 98.9 Å². The van der Waals surface area contributed by atoms with E-state index in [4.69, 9.17) is 11.6 Å². The van der Waals surface area contributed by atoms with E-state index in [-0.39, 0.29) is 17.0 Å². The highest BCUT2D eigenvalue weighted by Gasteiger charge is 2.12. The molecule has 1 aromatic carbocycles. The van der Waals surface area contributed by atoms with Crippen LogP contribution in [0.3, 0.4) is 0 Å². The van der Waals surface area contributed by atoms with Crippen molar-refractivity contribution in [2.45, 2.75) is 27.3 Å². The number of nitrogens with zero attached hydrogens (tertiary/aromatic N) is 1. The molecule has 0 aliphatic carbocycles. The van der Waals surface area contributed by atoms with Gasteiger partial charge in [0.15, 0.2) is 0 Å². The third-order valence-corrected chi connectivity index (χ3v) is 3.83. The van der Waals surface area contributed by atoms with Gasteiger partial charge in [-0.1, -0.05) is 11.6 Å². The van der Waals surface area contributed by atoms with E-state index in [0.717, 1.165) is 17.0 Å². The maximum absolute atomic E-state index is 12.0. The van der Waals surface area contributed by atoms with Crippen LogP contribution in [-0.2, 0) is 6.54 Å². The minimum Gasteiger partial charge on any atom is -0.352 e. The number of benzene rings is 1. The molecule has 0 aliphatic heterocycles. The number of anilines is 1. The molecule has 0 spiro atoms. The van der Waals surface area contributed by atoms with Crippen molar-refractivity contribution in [1.29, 1.82) is 0 Å². The molecule has 0 fully saturated rings. The largest absolute Gasteiger partial charge is 0.352 e. The molecule has 0 aliphatic rings. The summed E-state index contributed by atoms with van der Waals surface area (Å²) in [6.45, 7) is 6.48. The Hall–Kier alpha value is -2.54.